The van der Waals surface area contributed by atoms with Gasteiger partial charge >= 0.3 is 0 Å². The molecule has 0 aliphatic rings. The molecule has 0 saturated heterocycles. The predicted octanol–water partition coefficient (Wildman–Crippen LogP) is 2.04. The summed E-state index contributed by atoms with van der Waals surface area (Å²) in [6, 6.07) is 5.87. The standard InChI is InChI=1S/C12H19NO2/c1-4-15-8-11(13)10-7-9(2)5-6-12(10)14-3/h5-7,11H,4,8,13H2,1-3H3. The Kier molecular flexibility index (Phi) is 4.59. The fourth-order valence-corrected chi connectivity index (χ4v) is 1.48. The summed E-state index contributed by atoms with van der Waals surface area (Å²) in [6.07, 6.45) is 0. The number of methoxy groups -OCH3 is 1. The molecule has 1 atom stereocenters. The molecular formula is C12H19NO2. The first kappa shape index (κ1) is 12.0. The van der Waals surface area contributed by atoms with E-state index in [1.807, 2.05) is 32.0 Å². The highest BCUT2D eigenvalue weighted by Crippen LogP contribution is 2.24. The minimum Gasteiger partial charge on any atom is -0.496 e. The molecule has 0 radical (unpaired) electrons. The zero-order chi connectivity index (χ0) is 11.3. The van der Waals surface area contributed by atoms with E-state index in [0.717, 1.165) is 11.3 Å². The van der Waals surface area contributed by atoms with Gasteiger partial charge in [0.2, 0.25) is 0 Å². The van der Waals surface area contributed by atoms with E-state index < -0.39 is 0 Å². The Hall–Kier alpha value is -1.06. The summed E-state index contributed by atoms with van der Waals surface area (Å²) in [5, 5.41) is 0. The first-order valence-corrected chi connectivity index (χ1v) is 5.17. The van der Waals surface area contributed by atoms with Crippen LogP contribution in [0.15, 0.2) is 18.2 Å². The highest BCUT2D eigenvalue weighted by molar-refractivity contribution is 5.39. The summed E-state index contributed by atoms with van der Waals surface area (Å²) in [5.74, 6) is 0.827. The third kappa shape index (κ3) is 3.22. The van der Waals surface area contributed by atoms with Crippen molar-refractivity contribution in [2.75, 3.05) is 20.3 Å². The lowest BCUT2D eigenvalue weighted by Gasteiger charge is -2.16. The molecular weight excluding hydrogens is 190 g/mol. The summed E-state index contributed by atoms with van der Waals surface area (Å²) in [5.41, 5.74) is 8.21. The second-order valence-corrected chi connectivity index (χ2v) is 3.51. The smallest absolute Gasteiger partial charge is 0.123 e. The first-order chi connectivity index (χ1) is 7.19. The molecule has 0 bridgehead atoms. The summed E-state index contributed by atoms with van der Waals surface area (Å²) < 4.78 is 10.6. The molecule has 15 heavy (non-hydrogen) atoms. The van der Waals surface area contributed by atoms with Crippen LogP contribution in [0.5, 0.6) is 5.75 Å². The van der Waals surface area contributed by atoms with Gasteiger partial charge < -0.3 is 15.2 Å². The number of hydrogen-bond donors (Lipinski definition) is 1. The molecule has 0 spiro atoms. The third-order valence-electron chi connectivity index (χ3n) is 2.29. The Balaban J connectivity index is 2.85. The molecule has 0 aromatic heterocycles. The van der Waals surface area contributed by atoms with Gasteiger partial charge in [-0.05, 0) is 19.9 Å². The van der Waals surface area contributed by atoms with Crippen molar-refractivity contribution in [2.24, 2.45) is 5.73 Å². The topological polar surface area (TPSA) is 44.5 Å². The number of ether oxygens (including phenoxy) is 2. The van der Waals surface area contributed by atoms with Gasteiger partial charge in [-0.25, -0.2) is 0 Å². The highest BCUT2D eigenvalue weighted by atomic mass is 16.5. The minimum absolute atomic E-state index is 0.125. The van der Waals surface area contributed by atoms with E-state index in [1.54, 1.807) is 7.11 Å². The van der Waals surface area contributed by atoms with Gasteiger partial charge in [0.25, 0.3) is 0 Å². The molecule has 0 fully saturated rings. The molecule has 2 N–H and O–H groups in total. The highest BCUT2D eigenvalue weighted by Gasteiger charge is 2.11. The van der Waals surface area contributed by atoms with E-state index in [-0.39, 0.29) is 6.04 Å². The van der Waals surface area contributed by atoms with Gasteiger partial charge in [-0.3, -0.25) is 0 Å². The van der Waals surface area contributed by atoms with Gasteiger partial charge in [0, 0.05) is 12.2 Å². The normalized spacial score (nSPS) is 12.5. The van der Waals surface area contributed by atoms with Crippen LogP contribution in [0.3, 0.4) is 0 Å². The van der Waals surface area contributed by atoms with Gasteiger partial charge in [0.1, 0.15) is 5.75 Å². The van der Waals surface area contributed by atoms with Crippen LogP contribution in [0.1, 0.15) is 24.1 Å². The molecule has 0 amide bonds. The predicted molar refractivity (Wildman–Crippen MR) is 61.2 cm³/mol. The molecule has 0 heterocycles. The maximum absolute atomic E-state index is 6.02. The average Bonchev–Trinajstić information content (AvgIpc) is 2.25. The molecule has 1 unspecified atom stereocenters. The summed E-state index contributed by atoms with van der Waals surface area (Å²) >= 11 is 0. The number of rotatable bonds is 5. The van der Waals surface area contributed by atoms with Crippen LogP contribution in [0.25, 0.3) is 0 Å². The van der Waals surface area contributed by atoms with E-state index >= 15 is 0 Å². The van der Waals surface area contributed by atoms with Crippen molar-refractivity contribution in [1.82, 2.24) is 0 Å². The maximum Gasteiger partial charge on any atom is 0.123 e. The lowest BCUT2D eigenvalue weighted by molar-refractivity contribution is 0.132. The van der Waals surface area contributed by atoms with E-state index in [4.69, 9.17) is 15.2 Å². The number of hydrogen-bond acceptors (Lipinski definition) is 3. The van der Waals surface area contributed by atoms with Crippen LogP contribution in [0.2, 0.25) is 0 Å². The Morgan fingerprint density at radius 1 is 1.40 bits per heavy atom. The van der Waals surface area contributed by atoms with Crippen LogP contribution in [-0.2, 0) is 4.74 Å². The molecule has 1 aromatic carbocycles. The quantitative estimate of drug-likeness (QED) is 0.807. The van der Waals surface area contributed by atoms with Crippen molar-refractivity contribution in [2.45, 2.75) is 19.9 Å². The monoisotopic (exact) mass is 209 g/mol. The van der Waals surface area contributed by atoms with Gasteiger partial charge in [0.15, 0.2) is 0 Å². The molecule has 1 aromatic rings. The van der Waals surface area contributed by atoms with E-state index in [1.165, 1.54) is 5.56 Å². The molecule has 84 valence electrons. The minimum atomic E-state index is -0.125. The van der Waals surface area contributed by atoms with Crippen molar-refractivity contribution >= 4 is 0 Å². The molecule has 0 saturated carbocycles. The summed E-state index contributed by atoms with van der Waals surface area (Å²) in [6.45, 7) is 5.20. The lowest BCUT2D eigenvalue weighted by atomic mass is 10.0. The zero-order valence-electron chi connectivity index (χ0n) is 9.62. The van der Waals surface area contributed by atoms with E-state index in [9.17, 15) is 0 Å². The maximum atomic E-state index is 6.02. The Morgan fingerprint density at radius 3 is 2.73 bits per heavy atom. The Morgan fingerprint density at radius 2 is 2.13 bits per heavy atom. The summed E-state index contributed by atoms with van der Waals surface area (Å²) in [7, 11) is 1.65. The number of benzene rings is 1. The zero-order valence-corrected chi connectivity index (χ0v) is 9.62. The van der Waals surface area contributed by atoms with E-state index in [2.05, 4.69) is 0 Å². The second kappa shape index (κ2) is 5.73. The third-order valence-corrected chi connectivity index (χ3v) is 2.29. The van der Waals surface area contributed by atoms with Crippen molar-refractivity contribution in [1.29, 1.82) is 0 Å². The largest absolute Gasteiger partial charge is 0.496 e. The van der Waals surface area contributed by atoms with Crippen LogP contribution in [-0.4, -0.2) is 20.3 Å². The molecule has 0 aliphatic heterocycles. The van der Waals surface area contributed by atoms with Crippen LogP contribution < -0.4 is 10.5 Å². The molecule has 3 heteroatoms. The van der Waals surface area contributed by atoms with Crippen molar-refractivity contribution < 1.29 is 9.47 Å². The second-order valence-electron chi connectivity index (χ2n) is 3.51. The number of aryl methyl sites for hydroxylation is 1. The fraction of sp³-hybridized carbons (Fsp3) is 0.500. The number of nitrogens with two attached hydrogens (primary N) is 1. The SMILES string of the molecule is CCOCC(N)c1cc(C)ccc1OC. The Labute approximate surface area is 91.2 Å². The Bertz CT molecular complexity index is 312. The van der Waals surface area contributed by atoms with Crippen LogP contribution in [0, 0.1) is 6.92 Å². The van der Waals surface area contributed by atoms with Crippen molar-refractivity contribution in [3.63, 3.8) is 0 Å². The van der Waals surface area contributed by atoms with Gasteiger partial charge in [-0.1, -0.05) is 17.7 Å². The fourth-order valence-electron chi connectivity index (χ4n) is 1.48. The van der Waals surface area contributed by atoms with Crippen LogP contribution in [0.4, 0.5) is 0 Å². The first-order valence-electron chi connectivity index (χ1n) is 5.17. The van der Waals surface area contributed by atoms with E-state index in [0.29, 0.717) is 13.2 Å². The van der Waals surface area contributed by atoms with Crippen molar-refractivity contribution in [3.05, 3.63) is 29.3 Å². The average molecular weight is 209 g/mol. The molecule has 0 aliphatic carbocycles. The van der Waals surface area contributed by atoms with Gasteiger partial charge in [-0.15, -0.1) is 0 Å². The molecule has 1 rings (SSSR count). The van der Waals surface area contributed by atoms with Gasteiger partial charge in [0.05, 0.1) is 19.8 Å². The molecule has 3 nitrogen and oxygen atoms in total. The van der Waals surface area contributed by atoms with Gasteiger partial charge in [-0.2, -0.15) is 0 Å². The summed E-state index contributed by atoms with van der Waals surface area (Å²) in [4.78, 5) is 0. The lowest BCUT2D eigenvalue weighted by Crippen LogP contribution is -2.18. The van der Waals surface area contributed by atoms with Crippen LogP contribution >= 0.6 is 0 Å². The van der Waals surface area contributed by atoms with Crippen molar-refractivity contribution in [3.8, 4) is 5.75 Å².